The van der Waals surface area contributed by atoms with Gasteiger partial charge in [-0.1, -0.05) is 18.2 Å². The number of hydrogen-bond acceptors (Lipinski definition) is 6. The minimum absolute atomic E-state index is 0.129. The van der Waals surface area contributed by atoms with E-state index in [2.05, 4.69) is 20.8 Å². The molecule has 1 aliphatic rings. The molecule has 1 aliphatic carbocycles. The van der Waals surface area contributed by atoms with Gasteiger partial charge in [-0.2, -0.15) is 0 Å². The molecular weight excluding hydrogens is 428 g/mol. The highest BCUT2D eigenvalue weighted by molar-refractivity contribution is 7.89. The van der Waals surface area contributed by atoms with Gasteiger partial charge in [0.2, 0.25) is 15.9 Å². The topological polar surface area (TPSA) is 135 Å². The number of H-pyrrole nitrogens is 1. The van der Waals surface area contributed by atoms with E-state index in [-0.39, 0.29) is 11.8 Å². The molecular formula is C22H24N6O3S. The number of aromatic nitrogens is 4. The van der Waals surface area contributed by atoms with Gasteiger partial charge in [0, 0.05) is 35.1 Å². The molecule has 166 valence electrons. The van der Waals surface area contributed by atoms with E-state index in [1.807, 2.05) is 34.9 Å². The average Bonchev–Trinajstić information content (AvgIpc) is 3.35. The molecule has 0 radical (unpaired) electrons. The zero-order valence-corrected chi connectivity index (χ0v) is 18.4. The van der Waals surface area contributed by atoms with Crippen molar-refractivity contribution in [2.45, 2.75) is 31.6 Å². The number of amides is 1. The van der Waals surface area contributed by atoms with E-state index in [0.717, 1.165) is 52.7 Å². The number of carbonyl (C=O) groups excluding carboxylic acids is 1. The maximum absolute atomic E-state index is 12.2. The number of nitrogens with two attached hydrogens (primary N) is 1. The molecule has 0 atom stereocenters. The Balaban J connectivity index is 1.48. The molecule has 1 fully saturated rings. The van der Waals surface area contributed by atoms with Gasteiger partial charge in [-0.15, -0.1) is 0 Å². The van der Waals surface area contributed by atoms with Crippen molar-refractivity contribution in [2.75, 3.05) is 12.0 Å². The Bertz CT molecular complexity index is 1400. The van der Waals surface area contributed by atoms with Crippen molar-refractivity contribution in [3.63, 3.8) is 0 Å². The van der Waals surface area contributed by atoms with Crippen LogP contribution in [0.4, 0.5) is 5.82 Å². The van der Waals surface area contributed by atoms with Crippen LogP contribution in [0, 0.1) is 5.92 Å². The van der Waals surface area contributed by atoms with Crippen molar-refractivity contribution in [1.82, 2.24) is 24.1 Å². The first-order chi connectivity index (χ1) is 15.3. The molecule has 9 nitrogen and oxygen atoms in total. The first-order valence-electron chi connectivity index (χ1n) is 10.5. The summed E-state index contributed by atoms with van der Waals surface area (Å²) in [5.74, 6) is 0.675. The summed E-state index contributed by atoms with van der Waals surface area (Å²) in [4.78, 5) is 24.9. The Kier molecular flexibility index (Phi) is 4.89. The van der Waals surface area contributed by atoms with Crippen molar-refractivity contribution in [3.8, 4) is 11.4 Å². The molecule has 0 bridgehead atoms. The molecule has 5 rings (SSSR count). The highest BCUT2D eigenvalue weighted by atomic mass is 32.2. The summed E-state index contributed by atoms with van der Waals surface area (Å²) in [7, 11) is -3.55. The molecule has 4 N–H and O–H groups in total. The zero-order chi connectivity index (χ0) is 22.5. The van der Waals surface area contributed by atoms with Crippen LogP contribution < -0.4 is 10.5 Å². The molecule has 1 amide bonds. The Morgan fingerprint density at radius 1 is 1.22 bits per heavy atom. The fraction of sp³-hybridized carbons (Fsp3) is 0.318. The number of benzene rings is 1. The lowest BCUT2D eigenvalue weighted by Crippen LogP contribution is -2.36. The minimum Gasteiger partial charge on any atom is -0.382 e. The first kappa shape index (κ1) is 20.5. The summed E-state index contributed by atoms with van der Waals surface area (Å²) >= 11 is 0. The molecule has 32 heavy (non-hydrogen) atoms. The van der Waals surface area contributed by atoms with Gasteiger partial charge in [-0.3, -0.25) is 13.9 Å². The Labute approximate surface area is 185 Å². The van der Waals surface area contributed by atoms with Crippen molar-refractivity contribution >= 4 is 38.2 Å². The number of aromatic amines is 1. The number of nitrogens with zero attached hydrogens (tertiary/aromatic N) is 3. The van der Waals surface area contributed by atoms with E-state index in [4.69, 9.17) is 10.7 Å². The summed E-state index contributed by atoms with van der Waals surface area (Å²) in [6.45, 7) is 0. The monoisotopic (exact) mass is 452 g/mol. The van der Waals surface area contributed by atoms with Gasteiger partial charge in [0.15, 0.2) is 0 Å². The molecule has 0 saturated heterocycles. The first-order valence-corrected chi connectivity index (χ1v) is 12.4. The van der Waals surface area contributed by atoms with Crippen molar-refractivity contribution in [3.05, 3.63) is 48.5 Å². The minimum atomic E-state index is -3.55. The van der Waals surface area contributed by atoms with Gasteiger partial charge < -0.3 is 10.7 Å². The lowest BCUT2D eigenvalue weighted by molar-refractivity contribution is -0.124. The third-order valence-corrected chi connectivity index (χ3v) is 6.72. The molecule has 3 heterocycles. The van der Waals surface area contributed by atoms with E-state index < -0.39 is 15.9 Å². The quantitative estimate of drug-likeness (QED) is 0.436. The van der Waals surface area contributed by atoms with E-state index in [0.29, 0.717) is 18.7 Å². The number of para-hydroxylation sites is 1. The van der Waals surface area contributed by atoms with Gasteiger partial charge >= 0.3 is 0 Å². The van der Waals surface area contributed by atoms with Gasteiger partial charge in [0.1, 0.15) is 22.9 Å². The molecule has 0 spiro atoms. The molecule has 0 unspecified atom stereocenters. The number of carbonyl (C=O) groups is 1. The second kappa shape index (κ2) is 7.63. The summed E-state index contributed by atoms with van der Waals surface area (Å²) in [6, 6.07) is 10.1. The van der Waals surface area contributed by atoms with Gasteiger partial charge in [0.05, 0.1) is 11.9 Å². The summed E-state index contributed by atoms with van der Waals surface area (Å²) < 4.78 is 26.9. The zero-order valence-electron chi connectivity index (χ0n) is 17.6. The van der Waals surface area contributed by atoms with Crippen LogP contribution in [0.1, 0.15) is 37.4 Å². The van der Waals surface area contributed by atoms with Crippen LogP contribution >= 0.6 is 0 Å². The SMILES string of the molecule is CS(=O)(=O)NC(=O)C1CCC(c2nc(-c3cc4ccccc4[nH]3)c3c(N)nccn23)CC1. The van der Waals surface area contributed by atoms with Crippen LogP contribution in [0.2, 0.25) is 0 Å². The number of rotatable bonds is 4. The fourth-order valence-electron chi connectivity index (χ4n) is 4.64. The van der Waals surface area contributed by atoms with E-state index in [1.54, 1.807) is 6.20 Å². The third kappa shape index (κ3) is 3.70. The average molecular weight is 453 g/mol. The van der Waals surface area contributed by atoms with Gasteiger partial charge in [-0.05, 0) is 37.8 Å². The Morgan fingerprint density at radius 2 is 1.97 bits per heavy atom. The molecule has 3 aromatic heterocycles. The number of fused-ring (bicyclic) bond motifs is 2. The molecule has 1 aromatic carbocycles. The van der Waals surface area contributed by atoms with Crippen LogP contribution in [0.3, 0.4) is 0 Å². The maximum Gasteiger partial charge on any atom is 0.236 e. The maximum atomic E-state index is 12.2. The number of anilines is 1. The van der Waals surface area contributed by atoms with Gasteiger partial charge in [0.25, 0.3) is 0 Å². The number of hydrogen-bond donors (Lipinski definition) is 3. The van der Waals surface area contributed by atoms with Crippen LogP contribution in [-0.2, 0) is 14.8 Å². The lowest BCUT2D eigenvalue weighted by atomic mass is 9.81. The fourth-order valence-corrected chi connectivity index (χ4v) is 5.18. The van der Waals surface area contributed by atoms with E-state index >= 15 is 0 Å². The Morgan fingerprint density at radius 3 is 2.69 bits per heavy atom. The predicted octanol–water partition coefficient (Wildman–Crippen LogP) is 2.81. The van der Waals surface area contributed by atoms with Crippen LogP contribution in [0.25, 0.3) is 27.8 Å². The summed E-state index contributed by atoms with van der Waals surface area (Å²) in [5, 5.41) is 1.09. The van der Waals surface area contributed by atoms with E-state index in [1.165, 1.54) is 0 Å². The number of sulfonamides is 1. The van der Waals surface area contributed by atoms with Crippen LogP contribution in [0.15, 0.2) is 42.7 Å². The third-order valence-electron chi connectivity index (χ3n) is 6.14. The second-order valence-corrected chi connectivity index (χ2v) is 10.2. The largest absolute Gasteiger partial charge is 0.382 e. The number of nitrogens with one attached hydrogen (secondary N) is 2. The standard InChI is InChI=1S/C22H24N6O3S/c1-32(30,31)27-22(29)14-8-6-13(7-9-14)21-26-18(19-20(23)24-10-11-28(19)21)17-12-15-4-2-3-5-16(15)25-17/h2-5,10-14,25H,6-9H2,1H3,(H2,23,24)(H,27,29). The summed E-state index contributed by atoms with van der Waals surface area (Å²) in [6.07, 6.45) is 7.19. The molecule has 1 saturated carbocycles. The second-order valence-electron chi connectivity index (χ2n) is 8.41. The lowest BCUT2D eigenvalue weighted by Gasteiger charge is -2.26. The van der Waals surface area contributed by atoms with Crippen molar-refractivity contribution < 1.29 is 13.2 Å². The van der Waals surface area contributed by atoms with Crippen molar-refractivity contribution in [2.24, 2.45) is 5.92 Å². The van der Waals surface area contributed by atoms with Crippen LogP contribution in [-0.4, -0.2) is 39.9 Å². The highest BCUT2D eigenvalue weighted by Crippen LogP contribution is 2.38. The normalized spacial score (nSPS) is 19.4. The van der Waals surface area contributed by atoms with Crippen molar-refractivity contribution in [1.29, 1.82) is 0 Å². The van der Waals surface area contributed by atoms with E-state index in [9.17, 15) is 13.2 Å². The summed E-state index contributed by atoms with van der Waals surface area (Å²) in [5.41, 5.74) is 9.65. The molecule has 0 aliphatic heterocycles. The number of nitrogen functional groups attached to an aromatic ring is 1. The predicted molar refractivity (Wildman–Crippen MR) is 122 cm³/mol. The van der Waals surface area contributed by atoms with Crippen LogP contribution in [0.5, 0.6) is 0 Å². The number of imidazole rings is 1. The smallest absolute Gasteiger partial charge is 0.236 e. The molecule has 10 heteroatoms. The molecule has 4 aromatic rings. The Hall–Kier alpha value is -3.40. The highest BCUT2D eigenvalue weighted by Gasteiger charge is 2.31. The van der Waals surface area contributed by atoms with Gasteiger partial charge in [-0.25, -0.2) is 18.4 Å².